The van der Waals surface area contributed by atoms with Crippen molar-refractivity contribution in [3.05, 3.63) is 18.0 Å². The first-order valence-electron chi connectivity index (χ1n) is 7.82. The van der Waals surface area contributed by atoms with Crippen LogP contribution in [0.4, 0.5) is 0 Å². The minimum Gasteiger partial charge on any atom is -0.353 e. The van der Waals surface area contributed by atoms with E-state index in [1.165, 1.54) is 5.56 Å². The molecule has 2 fully saturated rings. The van der Waals surface area contributed by atoms with Gasteiger partial charge in [0.25, 0.3) is 0 Å². The SMILES string of the molecule is CC(N)C(c1cnn(C)c1)N1CCC2NC(=O)CCC2C1. The summed E-state index contributed by atoms with van der Waals surface area (Å²) >= 11 is 0. The van der Waals surface area contributed by atoms with E-state index in [-0.39, 0.29) is 18.0 Å². The van der Waals surface area contributed by atoms with Crippen molar-refractivity contribution >= 4 is 5.91 Å². The number of likely N-dealkylation sites (tertiary alicyclic amines) is 1. The predicted octanol–water partition coefficient (Wildman–Crippen LogP) is 0.409. The lowest BCUT2D eigenvalue weighted by atomic mass is 9.83. The predicted molar refractivity (Wildman–Crippen MR) is 80.4 cm³/mol. The van der Waals surface area contributed by atoms with Crippen molar-refractivity contribution in [3.8, 4) is 0 Å². The Hall–Kier alpha value is -1.40. The summed E-state index contributed by atoms with van der Waals surface area (Å²) < 4.78 is 1.83. The lowest BCUT2D eigenvalue weighted by molar-refractivity contribution is -0.125. The van der Waals surface area contributed by atoms with Crippen LogP contribution >= 0.6 is 0 Å². The highest BCUT2D eigenvalue weighted by Gasteiger charge is 2.37. The molecule has 6 nitrogen and oxygen atoms in total. The van der Waals surface area contributed by atoms with Crippen molar-refractivity contribution in [1.82, 2.24) is 20.0 Å². The molecule has 4 unspecified atom stereocenters. The van der Waals surface area contributed by atoms with Crippen LogP contribution in [0.3, 0.4) is 0 Å². The van der Waals surface area contributed by atoms with Crippen LogP contribution in [0.1, 0.15) is 37.8 Å². The third-order valence-electron chi connectivity index (χ3n) is 4.81. The molecule has 3 heterocycles. The first kappa shape index (κ1) is 14.5. The number of aromatic nitrogens is 2. The van der Waals surface area contributed by atoms with Crippen molar-refractivity contribution < 1.29 is 4.79 Å². The topological polar surface area (TPSA) is 76.2 Å². The minimum atomic E-state index is 0.0592. The van der Waals surface area contributed by atoms with Gasteiger partial charge < -0.3 is 11.1 Å². The zero-order valence-corrected chi connectivity index (χ0v) is 12.8. The fourth-order valence-corrected chi connectivity index (χ4v) is 3.83. The van der Waals surface area contributed by atoms with Crippen molar-refractivity contribution in [2.75, 3.05) is 13.1 Å². The van der Waals surface area contributed by atoms with Crippen molar-refractivity contribution in [2.45, 2.75) is 44.3 Å². The number of fused-ring (bicyclic) bond motifs is 1. The molecule has 0 radical (unpaired) electrons. The van der Waals surface area contributed by atoms with Crippen LogP contribution in [0.2, 0.25) is 0 Å². The van der Waals surface area contributed by atoms with Gasteiger partial charge >= 0.3 is 0 Å². The average Bonchev–Trinajstić information content (AvgIpc) is 2.85. The minimum absolute atomic E-state index is 0.0592. The molecule has 1 aromatic heterocycles. The van der Waals surface area contributed by atoms with E-state index in [1.807, 2.05) is 17.9 Å². The molecular formula is C15H25N5O. The number of carbonyl (C=O) groups is 1. The second-order valence-electron chi connectivity index (χ2n) is 6.51. The zero-order valence-electron chi connectivity index (χ0n) is 12.8. The Kier molecular flexibility index (Phi) is 3.99. The van der Waals surface area contributed by atoms with E-state index in [1.54, 1.807) is 0 Å². The molecule has 6 heteroatoms. The van der Waals surface area contributed by atoms with Crippen LogP contribution in [-0.2, 0) is 11.8 Å². The standard InChI is InChI=1S/C15H25N5O/c1-10(16)15(12-7-17-19(2)8-12)20-6-5-13-11(9-20)3-4-14(21)18-13/h7-8,10-11,13,15H,3-6,9,16H2,1-2H3,(H,18,21). The molecule has 1 amide bonds. The van der Waals surface area contributed by atoms with Gasteiger partial charge in [-0.25, -0.2) is 0 Å². The Morgan fingerprint density at radius 3 is 2.95 bits per heavy atom. The van der Waals surface area contributed by atoms with Crippen LogP contribution < -0.4 is 11.1 Å². The first-order chi connectivity index (χ1) is 10.0. The molecule has 2 aliphatic heterocycles. The van der Waals surface area contributed by atoms with Gasteiger partial charge in [-0.2, -0.15) is 5.10 Å². The molecule has 0 aliphatic carbocycles. The smallest absolute Gasteiger partial charge is 0.220 e. The Bertz CT molecular complexity index is 512. The van der Waals surface area contributed by atoms with Gasteiger partial charge in [-0.05, 0) is 25.7 Å². The number of nitrogens with two attached hydrogens (primary N) is 1. The number of hydrogen-bond acceptors (Lipinski definition) is 4. The number of nitrogens with one attached hydrogen (secondary N) is 1. The van der Waals surface area contributed by atoms with E-state index in [0.29, 0.717) is 18.4 Å². The summed E-state index contributed by atoms with van der Waals surface area (Å²) in [5.41, 5.74) is 7.44. The molecule has 4 atom stereocenters. The number of amides is 1. The lowest BCUT2D eigenvalue weighted by Gasteiger charge is -2.45. The number of aryl methyl sites for hydroxylation is 1. The van der Waals surface area contributed by atoms with Gasteiger partial charge in [-0.1, -0.05) is 0 Å². The third kappa shape index (κ3) is 2.96. The number of hydrogen-bond donors (Lipinski definition) is 2. The van der Waals surface area contributed by atoms with Crippen LogP contribution in [0.25, 0.3) is 0 Å². The lowest BCUT2D eigenvalue weighted by Crippen LogP contribution is -2.55. The van der Waals surface area contributed by atoms with Crippen LogP contribution in [0, 0.1) is 5.92 Å². The summed E-state index contributed by atoms with van der Waals surface area (Å²) in [7, 11) is 1.94. The van der Waals surface area contributed by atoms with E-state index in [2.05, 4.69) is 28.4 Å². The first-order valence-corrected chi connectivity index (χ1v) is 7.82. The Balaban J connectivity index is 1.74. The van der Waals surface area contributed by atoms with Crippen molar-refractivity contribution in [1.29, 1.82) is 0 Å². The summed E-state index contributed by atoms with van der Waals surface area (Å²) in [5.74, 6) is 0.759. The maximum absolute atomic E-state index is 11.5. The fourth-order valence-electron chi connectivity index (χ4n) is 3.83. The van der Waals surface area contributed by atoms with Crippen LogP contribution in [0.15, 0.2) is 12.4 Å². The summed E-state index contributed by atoms with van der Waals surface area (Å²) in [6.07, 6.45) is 6.64. The quantitative estimate of drug-likeness (QED) is 0.845. The molecule has 2 saturated heterocycles. The molecule has 3 rings (SSSR count). The number of nitrogens with zero attached hydrogens (tertiary/aromatic N) is 3. The van der Waals surface area contributed by atoms with Gasteiger partial charge in [-0.15, -0.1) is 0 Å². The van der Waals surface area contributed by atoms with E-state index in [9.17, 15) is 4.79 Å². The number of piperidine rings is 2. The van der Waals surface area contributed by atoms with Gasteiger partial charge in [0, 0.05) is 50.4 Å². The van der Waals surface area contributed by atoms with Gasteiger partial charge in [0.1, 0.15) is 0 Å². The Morgan fingerprint density at radius 1 is 1.48 bits per heavy atom. The molecule has 0 aromatic carbocycles. The van der Waals surface area contributed by atoms with Gasteiger partial charge in [-0.3, -0.25) is 14.4 Å². The summed E-state index contributed by atoms with van der Waals surface area (Å²) in [6, 6.07) is 0.617. The molecule has 1 aromatic rings. The molecule has 116 valence electrons. The second kappa shape index (κ2) is 5.77. The van der Waals surface area contributed by atoms with E-state index < -0.39 is 0 Å². The number of rotatable bonds is 3. The van der Waals surface area contributed by atoms with Crippen molar-refractivity contribution in [2.24, 2.45) is 18.7 Å². The van der Waals surface area contributed by atoms with Crippen LogP contribution in [-0.4, -0.2) is 45.8 Å². The number of carbonyl (C=O) groups excluding carboxylic acids is 1. The highest BCUT2D eigenvalue weighted by Crippen LogP contribution is 2.32. The van der Waals surface area contributed by atoms with E-state index >= 15 is 0 Å². The molecule has 2 aliphatic rings. The maximum atomic E-state index is 11.5. The third-order valence-corrected chi connectivity index (χ3v) is 4.81. The van der Waals surface area contributed by atoms with Crippen molar-refractivity contribution in [3.63, 3.8) is 0 Å². The molecule has 21 heavy (non-hydrogen) atoms. The van der Waals surface area contributed by atoms with E-state index in [0.717, 1.165) is 25.9 Å². The molecule has 0 bridgehead atoms. The normalized spacial score (nSPS) is 29.6. The maximum Gasteiger partial charge on any atom is 0.220 e. The van der Waals surface area contributed by atoms with Gasteiger partial charge in [0.05, 0.1) is 12.2 Å². The Labute approximate surface area is 125 Å². The zero-order chi connectivity index (χ0) is 15.0. The highest BCUT2D eigenvalue weighted by molar-refractivity contribution is 5.77. The summed E-state index contributed by atoms with van der Waals surface area (Å²) in [6.45, 7) is 4.04. The Morgan fingerprint density at radius 2 is 2.29 bits per heavy atom. The average molecular weight is 291 g/mol. The fraction of sp³-hybridized carbons (Fsp3) is 0.733. The second-order valence-corrected chi connectivity index (χ2v) is 6.51. The molecule has 0 saturated carbocycles. The summed E-state index contributed by atoms with van der Waals surface area (Å²) in [5, 5.41) is 7.42. The van der Waals surface area contributed by atoms with Gasteiger partial charge in [0.2, 0.25) is 5.91 Å². The summed E-state index contributed by atoms with van der Waals surface area (Å²) in [4.78, 5) is 14.0. The molecular weight excluding hydrogens is 266 g/mol. The van der Waals surface area contributed by atoms with E-state index in [4.69, 9.17) is 5.73 Å². The largest absolute Gasteiger partial charge is 0.353 e. The van der Waals surface area contributed by atoms with Crippen LogP contribution in [0.5, 0.6) is 0 Å². The molecule has 0 spiro atoms. The van der Waals surface area contributed by atoms with Gasteiger partial charge in [0.15, 0.2) is 0 Å². The highest BCUT2D eigenvalue weighted by atomic mass is 16.1. The molecule has 3 N–H and O–H groups in total. The monoisotopic (exact) mass is 291 g/mol.